The first-order valence-electron chi connectivity index (χ1n) is 9.18. The Bertz CT molecular complexity index is 841. The Balaban J connectivity index is 1.69. The summed E-state index contributed by atoms with van der Waals surface area (Å²) in [6, 6.07) is 9.40. The number of benzene rings is 2. The zero-order chi connectivity index (χ0) is 20.7. The summed E-state index contributed by atoms with van der Waals surface area (Å²) in [6.07, 6.45) is 0.681. The minimum atomic E-state index is -0.427. The summed E-state index contributed by atoms with van der Waals surface area (Å²) in [4.78, 5) is 23.9. The highest BCUT2D eigenvalue weighted by Crippen LogP contribution is 2.22. The lowest BCUT2D eigenvalue weighted by molar-refractivity contribution is -0.147. The molecule has 1 amide bonds. The van der Waals surface area contributed by atoms with Crippen LogP contribution in [0.15, 0.2) is 30.3 Å². The molecule has 0 spiro atoms. The van der Waals surface area contributed by atoms with Gasteiger partial charge in [-0.05, 0) is 69.0 Å². The van der Waals surface area contributed by atoms with E-state index in [0.29, 0.717) is 23.8 Å². The van der Waals surface area contributed by atoms with E-state index < -0.39 is 5.97 Å². The Morgan fingerprint density at radius 1 is 1.00 bits per heavy atom. The number of halogens is 1. The molecule has 0 aromatic heterocycles. The van der Waals surface area contributed by atoms with E-state index in [1.165, 1.54) is 0 Å². The second-order valence-corrected chi connectivity index (χ2v) is 7.25. The molecule has 28 heavy (non-hydrogen) atoms. The number of nitrogens with one attached hydrogen (secondary N) is 1. The van der Waals surface area contributed by atoms with Crippen LogP contribution in [0.25, 0.3) is 0 Å². The van der Waals surface area contributed by atoms with Crippen LogP contribution in [-0.2, 0) is 14.3 Å². The van der Waals surface area contributed by atoms with Gasteiger partial charge in [-0.15, -0.1) is 0 Å². The van der Waals surface area contributed by atoms with Gasteiger partial charge in [0.25, 0.3) is 5.91 Å². The molecule has 1 N–H and O–H groups in total. The van der Waals surface area contributed by atoms with E-state index in [9.17, 15) is 9.59 Å². The summed E-state index contributed by atoms with van der Waals surface area (Å²) in [5, 5.41) is 3.49. The third kappa shape index (κ3) is 6.57. The van der Waals surface area contributed by atoms with Gasteiger partial charge >= 0.3 is 5.97 Å². The molecule has 5 nitrogen and oxygen atoms in total. The Morgan fingerprint density at radius 3 is 2.32 bits per heavy atom. The minimum Gasteiger partial charge on any atom is -0.494 e. The molecule has 0 fully saturated rings. The fraction of sp³-hybridized carbons (Fsp3) is 0.364. The number of anilines is 1. The highest BCUT2D eigenvalue weighted by molar-refractivity contribution is 6.31. The van der Waals surface area contributed by atoms with Crippen molar-refractivity contribution in [1.82, 2.24) is 0 Å². The second kappa shape index (κ2) is 10.1. The molecular formula is C22H26ClNO4. The number of rotatable bonds is 8. The smallest absolute Gasteiger partial charge is 0.306 e. The van der Waals surface area contributed by atoms with Crippen molar-refractivity contribution in [2.75, 3.05) is 18.5 Å². The van der Waals surface area contributed by atoms with Crippen molar-refractivity contribution in [1.29, 1.82) is 0 Å². The van der Waals surface area contributed by atoms with Crippen LogP contribution in [0.2, 0.25) is 5.02 Å². The van der Waals surface area contributed by atoms with Crippen molar-refractivity contribution in [3.8, 4) is 5.75 Å². The molecule has 6 heteroatoms. The molecule has 0 bridgehead atoms. The molecule has 0 aliphatic heterocycles. The molecule has 0 aliphatic carbocycles. The van der Waals surface area contributed by atoms with Crippen LogP contribution in [0.3, 0.4) is 0 Å². The number of hydrogen-bond donors (Lipinski definition) is 1. The van der Waals surface area contributed by atoms with Gasteiger partial charge in [0, 0.05) is 17.1 Å². The zero-order valence-electron chi connectivity index (χ0n) is 16.7. The van der Waals surface area contributed by atoms with Gasteiger partial charge in [0.1, 0.15) is 5.75 Å². The monoisotopic (exact) mass is 403 g/mol. The van der Waals surface area contributed by atoms with Gasteiger partial charge in [-0.3, -0.25) is 9.59 Å². The van der Waals surface area contributed by atoms with Gasteiger partial charge in [-0.1, -0.05) is 29.3 Å². The van der Waals surface area contributed by atoms with Crippen LogP contribution in [0, 0.1) is 27.7 Å². The topological polar surface area (TPSA) is 64.6 Å². The second-order valence-electron chi connectivity index (χ2n) is 6.85. The summed E-state index contributed by atoms with van der Waals surface area (Å²) in [7, 11) is 0. The third-order valence-corrected chi connectivity index (χ3v) is 4.65. The van der Waals surface area contributed by atoms with Gasteiger partial charge < -0.3 is 14.8 Å². The highest BCUT2D eigenvalue weighted by atomic mass is 35.5. The van der Waals surface area contributed by atoms with E-state index in [2.05, 4.69) is 5.32 Å². The zero-order valence-corrected chi connectivity index (χ0v) is 17.5. The predicted octanol–water partition coefficient (Wildman–Crippen LogP) is 4.91. The lowest BCUT2D eigenvalue weighted by atomic mass is 10.1. The predicted molar refractivity (Wildman–Crippen MR) is 111 cm³/mol. The molecule has 0 saturated carbocycles. The molecule has 2 aromatic rings. The lowest BCUT2D eigenvalue weighted by Gasteiger charge is -2.13. The van der Waals surface area contributed by atoms with Crippen LogP contribution in [-0.4, -0.2) is 25.1 Å². The molecular weight excluding hydrogens is 378 g/mol. The van der Waals surface area contributed by atoms with E-state index in [1.54, 1.807) is 12.1 Å². The van der Waals surface area contributed by atoms with Crippen LogP contribution in [0.4, 0.5) is 5.69 Å². The molecule has 0 heterocycles. The molecule has 150 valence electrons. The number of ether oxygens (including phenoxy) is 2. The van der Waals surface area contributed by atoms with E-state index in [4.69, 9.17) is 21.1 Å². The Kier molecular flexibility index (Phi) is 7.88. The molecule has 0 aliphatic rings. The molecule has 0 saturated heterocycles. The van der Waals surface area contributed by atoms with E-state index >= 15 is 0 Å². The quantitative estimate of drug-likeness (QED) is 0.502. The number of carbonyl (C=O) groups is 2. The maximum absolute atomic E-state index is 12.1. The third-order valence-electron chi connectivity index (χ3n) is 4.23. The van der Waals surface area contributed by atoms with Crippen LogP contribution in [0.5, 0.6) is 5.75 Å². The minimum absolute atomic E-state index is 0.183. The fourth-order valence-corrected chi connectivity index (χ4v) is 3.00. The maximum atomic E-state index is 12.1. The Hall–Kier alpha value is -2.53. The average Bonchev–Trinajstić information content (AvgIpc) is 2.63. The maximum Gasteiger partial charge on any atom is 0.306 e. The summed E-state index contributed by atoms with van der Waals surface area (Å²) in [5.74, 6) is -0.0711. The van der Waals surface area contributed by atoms with Crippen molar-refractivity contribution >= 4 is 29.2 Å². The molecule has 0 atom stereocenters. The van der Waals surface area contributed by atoms with Crippen LogP contribution < -0.4 is 10.1 Å². The molecule has 0 radical (unpaired) electrons. The van der Waals surface area contributed by atoms with E-state index in [0.717, 1.165) is 27.9 Å². The van der Waals surface area contributed by atoms with Crippen molar-refractivity contribution in [2.24, 2.45) is 0 Å². The van der Waals surface area contributed by atoms with Gasteiger partial charge in [-0.25, -0.2) is 0 Å². The number of aryl methyl sites for hydroxylation is 4. The lowest BCUT2D eigenvalue weighted by Crippen LogP contribution is -2.22. The number of esters is 1. The van der Waals surface area contributed by atoms with Crippen molar-refractivity contribution in [3.63, 3.8) is 0 Å². The number of hydrogen-bond acceptors (Lipinski definition) is 4. The Labute approximate surface area is 171 Å². The van der Waals surface area contributed by atoms with Gasteiger partial charge in [0.05, 0.1) is 6.61 Å². The van der Waals surface area contributed by atoms with Gasteiger partial charge in [0.2, 0.25) is 0 Å². The first-order chi connectivity index (χ1) is 13.3. The van der Waals surface area contributed by atoms with E-state index in [1.807, 2.05) is 45.9 Å². The van der Waals surface area contributed by atoms with Crippen molar-refractivity contribution in [2.45, 2.75) is 40.5 Å². The number of amides is 1. The Morgan fingerprint density at radius 2 is 1.68 bits per heavy atom. The van der Waals surface area contributed by atoms with Gasteiger partial charge in [-0.2, -0.15) is 0 Å². The van der Waals surface area contributed by atoms with Crippen molar-refractivity contribution < 1.29 is 19.1 Å². The molecule has 2 rings (SSSR count). The first-order valence-corrected chi connectivity index (χ1v) is 9.56. The molecule has 2 aromatic carbocycles. The molecule has 0 unspecified atom stereocenters. The average molecular weight is 404 g/mol. The van der Waals surface area contributed by atoms with Crippen molar-refractivity contribution in [3.05, 3.63) is 57.6 Å². The van der Waals surface area contributed by atoms with Crippen LogP contribution >= 0.6 is 11.6 Å². The largest absolute Gasteiger partial charge is 0.494 e. The SMILES string of the molecule is Cc1cc(C)c(NC(=O)COC(=O)CCCOc2ccc(Cl)c(C)c2)c(C)c1. The van der Waals surface area contributed by atoms with Gasteiger partial charge in [0.15, 0.2) is 6.61 Å². The highest BCUT2D eigenvalue weighted by Gasteiger charge is 2.11. The first kappa shape index (κ1) is 21.8. The van der Waals surface area contributed by atoms with Crippen LogP contribution in [0.1, 0.15) is 35.1 Å². The van der Waals surface area contributed by atoms with E-state index in [-0.39, 0.29) is 18.9 Å². The summed E-state index contributed by atoms with van der Waals surface area (Å²) in [5.41, 5.74) is 4.79. The fourth-order valence-electron chi connectivity index (χ4n) is 2.88. The normalized spacial score (nSPS) is 10.5. The number of carbonyl (C=O) groups excluding carboxylic acids is 2. The summed E-state index contributed by atoms with van der Waals surface area (Å²) >= 11 is 5.97. The summed E-state index contributed by atoms with van der Waals surface area (Å²) < 4.78 is 10.6. The summed E-state index contributed by atoms with van der Waals surface area (Å²) in [6.45, 7) is 7.85. The standard InChI is InChI=1S/C22H26ClNO4/c1-14-10-16(3)22(17(4)11-14)24-20(25)13-28-21(26)6-5-9-27-18-7-8-19(23)15(2)12-18/h7-8,10-12H,5-6,9,13H2,1-4H3,(H,24,25).